The summed E-state index contributed by atoms with van der Waals surface area (Å²) in [5, 5.41) is 11.1. The van der Waals surface area contributed by atoms with Crippen LogP contribution in [0.25, 0.3) is 11.1 Å². The lowest BCUT2D eigenvalue weighted by Crippen LogP contribution is -2.12. The molecule has 0 aliphatic heterocycles. The van der Waals surface area contributed by atoms with Crippen LogP contribution in [0.15, 0.2) is 48.5 Å². The number of hydrogen-bond acceptors (Lipinski definition) is 3. The number of halogens is 4. The minimum absolute atomic E-state index is 0.146. The summed E-state index contributed by atoms with van der Waals surface area (Å²) in [5.41, 5.74) is 0.575. The average Bonchev–Trinajstić information content (AvgIpc) is 2.69. The maximum atomic E-state index is 15.1. The Balaban J connectivity index is 1.90. The normalized spacial score (nSPS) is 10.7. The molecule has 0 aliphatic carbocycles. The van der Waals surface area contributed by atoms with Crippen LogP contribution in [0.3, 0.4) is 0 Å². The highest BCUT2D eigenvalue weighted by Gasteiger charge is 2.18. The van der Waals surface area contributed by atoms with Crippen molar-refractivity contribution in [3.8, 4) is 16.9 Å². The van der Waals surface area contributed by atoms with E-state index in [0.717, 1.165) is 12.1 Å². The highest BCUT2D eigenvalue weighted by Crippen LogP contribution is 2.31. The van der Waals surface area contributed by atoms with Gasteiger partial charge in [-0.3, -0.25) is 0 Å². The summed E-state index contributed by atoms with van der Waals surface area (Å²) in [4.78, 5) is 10.6. The first-order valence-corrected chi connectivity index (χ1v) is 8.88. The third kappa shape index (κ3) is 4.53. The highest BCUT2D eigenvalue weighted by molar-refractivity contribution is 5.69. The predicted molar refractivity (Wildman–Crippen MR) is 103 cm³/mol. The van der Waals surface area contributed by atoms with E-state index in [1.54, 1.807) is 19.1 Å². The van der Waals surface area contributed by atoms with E-state index in [0.29, 0.717) is 11.1 Å². The Kier molecular flexibility index (Phi) is 6.25. The lowest BCUT2D eigenvalue weighted by atomic mass is 9.98. The molecule has 0 atom stereocenters. The van der Waals surface area contributed by atoms with Gasteiger partial charge in [0.2, 0.25) is 0 Å². The number of benzene rings is 3. The van der Waals surface area contributed by atoms with Gasteiger partial charge in [0.05, 0.1) is 0 Å². The number of aliphatic carboxylic acids is 1. The molecule has 0 unspecified atom stereocenters. The van der Waals surface area contributed by atoms with Crippen LogP contribution in [0, 0.1) is 30.2 Å². The zero-order chi connectivity index (χ0) is 21.8. The van der Waals surface area contributed by atoms with Gasteiger partial charge in [0.15, 0.2) is 18.2 Å². The van der Waals surface area contributed by atoms with Crippen LogP contribution in [0.2, 0.25) is 0 Å². The highest BCUT2D eigenvalue weighted by atomic mass is 19.1. The molecule has 0 saturated heterocycles. The van der Waals surface area contributed by atoms with Crippen molar-refractivity contribution in [2.45, 2.75) is 13.5 Å². The number of carbonyl (C=O) groups is 1. The van der Waals surface area contributed by atoms with Crippen molar-refractivity contribution in [2.75, 3.05) is 11.9 Å². The van der Waals surface area contributed by atoms with Crippen molar-refractivity contribution < 1.29 is 32.2 Å². The SMILES string of the molecule is Cc1ccc(-c2cccc(F)c2)c(F)c1CNc1c(F)ccc(OCC(=O)O)c1F. The molecule has 0 fully saturated rings. The van der Waals surface area contributed by atoms with E-state index in [4.69, 9.17) is 9.84 Å². The lowest BCUT2D eigenvalue weighted by molar-refractivity contribution is -0.139. The number of carboxylic acids is 1. The van der Waals surface area contributed by atoms with Crippen molar-refractivity contribution in [1.29, 1.82) is 0 Å². The first-order chi connectivity index (χ1) is 14.3. The Hall–Kier alpha value is -3.55. The van der Waals surface area contributed by atoms with Gasteiger partial charge < -0.3 is 15.2 Å². The van der Waals surface area contributed by atoms with Crippen molar-refractivity contribution in [3.05, 3.63) is 82.9 Å². The fourth-order valence-corrected chi connectivity index (χ4v) is 2.94. The van der Waals surface area contributed by atoms with Crippen molar-refractivity contribution >= 4 is 11.7 Å². The standard InChI is InChI=1S/C22H17F4NO3/c1-12-5-6-15(13-3-2-4-14(23)9-13)20(25)16(12)10-27-22-17(24)7-8-18(21(22)26)30-11-19(28)29/h2-9,27H,10-11H2,1H3,(H,28,29). The summed E-state index contributed by atoms with van der Waals surface area (Å²) in [6, 6.07) is 10.4. The fraction of sp³-hybridized carbons (Fsp3) is 0.136. The van der Waals surface area contributed by atoms with Gasteiger partial charge in [-0.05, 0) is 42.3 Å². The van der Waals surface area contributed by atoms with Crippen LogP contribution in [-0.2, 0) is 11.3 Å². The predicted octanol–water partition coefficient (Wildman–Crippen LogP) is 5.29. The summed E-state index contributed by atoms with van der Waals surface area (Å²) in [7, 11) is 0. The second-order valence-electron chi connectivity index (χ2n) is 6.50. The molecule has 0 bridgehead atoms. The number of aryl methyl sites for hydroxylation is 1. The van der Waals surface area contributed by atoms with E-state index >= 15 is 4.39 Å². The second-order valence-corrected chi connectivity index (χ2v) is 6.50. The van der Waals surface area contributed by atoms with Gasteiger partial charge in [0.1, 0.15) is 23.1 Å². The minimum Gasteiger partial charge on any atom is -0.479 e. The number of nitrogens with one attached hydrogen (secondary N) is 1. The number of hydrogen-bond donors (Lipinski definition) is 2. The van der Waals surface area contributed by atoms with E-state index < -0.39 is 47.3 Å². The maximum Gasteiger partial charge on any atom is 0.341 e. The summed E-state index contributed by atoms with van der Waals surface area (Å²) >= 11 is 0. The molecule has 30 heavy (non-hydrogen) atoms. The zero-order valence-corrected chi connectivity index (χ0v) is 15.8. The van der Waals surface area contributed by atoms with Crippen molar-refractivity contribution in [1.82, 2.24) is 0 Å². The van der Waals surface area contributed by atoms with Gasteiger partial charge in [-0.15, -0.1) is 0 Å². The topological polar surface area (TPSA) is 58.6 Å². The maximum absolute atomic E-state index is 15.1. The number of carboxylic acid groups (broad SMARTS) is 1. The summed E-state index contributed by atoms with van der Waals surface area (Å²) < 4.78 is 62.0. The zero-order valence-electron chi connectivity index (χ0n) is 15.8. The van der Waals surface area contributed by atoms with Gasteiger partial charge in [0, 0.05) is 17.7 Å². The van der Waals surface area contributed by atoms with Crippen molar-refractivity contribution in [2.24, 2.45) is 0 Å². The molecular formula is C22H17F4NO3. The van der Waals surface area contributed by atoms with E-state index in [1.807, 2.05) is 0 Å². The van der Waals surface area contributed by atoms with Crippen molar-refractivity contribution in [3.63, 3.8) is 0 Å². The molecular weight excluding hydrogens is 402 g/mol. The molecule has 0 radical (unpaired) electrons. The Bertz CT molecular complexity index is 1100. The van der Waals surface area contributed by atoms with Gasteiger partial charge in [-0.1, -0.05) is 24.3 Å². The first kappa shape index (κ1) is 21.2. The first-order valence-electron chi connectivity index (χ1n) is 8.88. The molecule has 156 valence electrons. The Morgan fingerprint density at radius 3 is 2.50 bits per heavy atom. The van der Waals surface area contributed by atoms with Crippen LogP contribution >= 0.6 is 0 Å². The van der Waals surface area contributed by atoms with Gasteiger partial charge in [0.25, 0.3) is 0 Å². The third-order valence-electron chi connectivity index (χ3n) is 4.46. The molecule has 3 rings (SSSR count). The average molecular weight is 419 g/mol. The Morgan fingerprint density at radius 1 is 1.03 bits per heavy atom. The van der Waals surface area contributed by atoms with Gasteiger partial charge in [-0.2, -0.15) is 0 Å². The van der Waals surface area contributed by atoms with Crippen LogP contribution in [0.5, 0.6) is 5.75 Å². The molecule has 3 aromatic rings. The molecule has 8 heteroatoms. The molecule has 0 heterocycles. The molecule has 0 aromatic heterocycles. The molecule has 0 spiro atoms. The minimum atomic E-state index is -1.32. The lowest BCUT2D eigenvalue weighted by Gasteiger charge is -2.15. The molecule has 0 aliphatic rings. The van der Waals surface area contributed by atoms with Crippen LogP contribution < -0.4 is 10.1 Å². The number of anilines is 1. The quantitative estimate of drug-likeness (QED) is 0.511. The third-order valence-corrected chi connectivity index (χ3v) is 4.46. The summed E-state index contributed by atoms with van der Waals surface area (Å²) in [6.07, 6.45) is 0. The van der Waals surface area contributed by atoms with E-state index in [-0.39, 0.29) is 17.7 Å². The summed E-state index contributed by atoms with van der Waals surface area (Å²) in [5.74, 6) is -5.01. The number of rotatable bonds is 7. The van der Waals surface area contributed by atoms with E-state index in [2.05, 4.69) is 5.32 Å². The molecule has 0 saturated carbocycles. The van der Waals surface area contributed by atoms with Crippen LogP contribution in [0.1, 0.15) is 11.1 Å². The molecule has 0 amide bonds. The largest absolute Gasteiger partial charge is 0.479 e. The van der Waals surface area contributed by atoms with Gasteiger partial charge in [-0.25, -0.2) is 22.4 Å². The molecule has 4 nitrogen and oxygen atoms in total. The molecule has 2 N–H and O–H groups in total. The van der Waals surface area contributed by atoms with Gasteiger partial charge >= 0.3 is 5.97 Å². The van der Waals surface area contributed by atoms with E-state index in [9.17, 15) is 18.0 Å². The van der Waals surface area contributed by atoms with E-state index in [1.165, 1.54) is 24.3 Å². The smallest absolute Gasteiger partial charge is 0.341 e. The van der Waals surface area contributed by atoms with Crippen LogP contribution in [-0.4, -0.2) is 17.7 Å². The van der Waals surface area contributed by atoms with Crippen LogP contribution in [0.4, 0.5) is 23.2 Å². The summed E-state index contributed by atoms with van der Waals surface area (Å²) in [6.45, 7) is 0.566. The Morgan fingerprint density at radius 2 is 1.80 bits per heavy atom. The monoisotopic (exact) mass is 419 g/mol. The second kappa shape index (κ2) is 8.86. The Labute approximate surface area is 169 Å². The molecule has 3 aromatic carbocycles. The number of ether oxygens (including phenoxy) is 1. The fourth-order valence-electron chi connectivity index (χ4n) is 2.94.